The zero-order chi connectivity index (χ0) is 13.5. The Balaban J connectivity index is 1.35. The molecule has 3 saturated carbocycles. The molecule has 1 N–H and O–H groups in total. The summed E-state index contributed by atoms with van der Waals surface area (Å²) in [5, 5.41) is 7.08. The van der Waals surface area contributed by atoms with Gasteiger partial charge < -0.3 is 9.84 Å². The van der Waals surface area contributed by atoms with Crippen LogP contribution in [0, 0.1) is 11.8 Å². The Morgan fingerprint density at radius 2 is 2.00 bits per heavy atom. The van der Waals surface area contributed by atoms with Gasteiger partial charge in [-0.2, -0.15) is 0 Å². The summed E-state index contributed by atoms with van der Waals surface area (Å²) in [6, 6.07) is 2.16. The molecule has 1 aromatic heterocycles. The number of carbonyl (C=O) groups is 1. The van der Waals surface area contributed by atoms with E-state index >= 15 is 0 Å². The summed E-state index contributed by atoms with van der Waals surface area (Å²) in [4.78, 5) is 12.2. The van der Waals surface area contributed by atoms with Crippen molar-refractivity contribution >= 4 is 5.91 Å². The Kier molecular flexibility index (Phi) is 3.04. The summed E-state index contributed by atoms with van der Waals surface area (Å²) in [6.45, 7) is 0. The molecule has 1 heterocycles. The molecule has 0 aliphatic heterocycles. The Labute approximate surface area is 119 Å². The molecular formula is C16H22N2O2. The smallest absolute Gasteiger partial charge is 0.273 e. The molecule has 4 heteroatoms. The van der Waals surface area contributed by atoms with Crippen LogP contribution in [-0.2, 0) is 0 Å². The van der Waals surface area contributed by atoms with Crippen molar-refractivity contribution in [3.05, 3.63) is 17.5 Å². The minimum atomic E-state index is -0.0536. The van der Waals surface area contributed by atoms with Gasteiger partial charge in [0.2, 0.25) is 0 Å². The van der Waals surface area contributed by atoms with Gasteiger partial charge in [-0.05, 0) is 50.4 Å². The number of nitrogens with one attached hydrogen (secondary N) is 1. The van der Waals surface area contributed by atoms with Crippen LogP contribution in [0.25, 0.3) is 0 Å². The summed E-state index contributed by atoms with van der Waals surface area (Å²) < 4.78 is 5.26. The summed E-state index contributed by atoms with van der Waals surface area (Å²) in [6.07, 6.45) is 10.0. The van der Waals surface area contributed by atoms with E-state index in [1.807, 2.05) is 6.07 Å². The van der Waals surface area contributed by atoms with E-state index in [0.717, 1.165) is 30.4 Å². The molecule has 1 aromatic rings. The third-order valence-corrected chi connectivity index (χ3v) is 5.08. The van der Waals surface area contributed by atoms with E-state index in [0.29, 0.717) is 17.7 Å². The highest BCUT2D eigenvalue weighted by Gasteiger charge is 2.35. The van der Waals surface area contributed by atoms with E-state index in [1.165, 1.54) is 38.5 Å². The molecule has 1 unspecified atom stereocenters. The molecule has 0 saturated heterocycles. The fourth-order valence-corrected chi connectivity index (χ4v) is 3.57. The van der Waals surface area contributed by atoms with Gasteiger partial charge in [0.1, 0.15) is 5.76 Å². The molecule has 20 heavy (non-hydrogen) atoms. The highest BCUT2D eigenvalue weighted by molar-refractivity contribution is 5.92. The van der Waals surface area contributed by atoms with Gasteiger partial charge in [0, 0.05) is 18.0 Å². The van der Waals surface area contributed by atoms with Crippen molar-refractivity contribution in [1.82, 2.24) is 10.5 Å². The largest absolute Gasteiger partial charge is 0.360 e. The average molecular weight is 274 g/mol. The number of aromatic nitrogens is 1. The molecular weight excluding hydrogens is 252 g/mol. The molecule has 4 rings (SSSR count). The van der Waals surface area contributed by atoms with Crippen molar-refractivity contribution in [2.75, 3.05) is 0 Å². The van der Waals surface area contributed by atoms with Gasteiger partial charge in [0.15, 0.2) is 5.69 Å². The number of hydrogen-bond acceptors (Lipinski definition) is 3. The van der Waals surface area contributed by atoms with Gasteiger partial charge in [-0.15, -0.1) is 0 Å². The highest BCUT2D eigenvalue weighted by Crippen LogP contribution is 2.44. The van der Waals surface area contributed by atoms with Crippen molar-refractivity contribution in [1.29, 1.82) is 0 Å². The first-order valence-electron chi connectivity index (χ1n) is 8.07. The summed E-state index contributed by atoms with van der Waals surface area (Å²) >= 11 is 0. The van der Waals surface area contributed by atoms with Crippen LogP contribution in [0.3, 0.4) is 0 Å². The van der Waals surface area contributed by atoms with Crippen LogP contribution >= 0.6 is 0 Å². The fourth-order valence-electron chi connectivity index (χ4n) is 3.57. The maximum absolute atomic E-state index is 12.2. The number of hydrogen-bond donors (Lipinski definition) is 1. The molecule has 0 radical (unpaired) electrons. The minimum Gasteiger partial charge on any atom is -0.360 e. The summed E-state index contributed by atoms with van der Waals surface area (Å²) in [7, 11) is 0. The molecule has 1 amide bonds. The summed E-state index contributed by atoms with van der Waals surface area (Å²) in [5.74, 6) is 3.13. The molecule has 0 aromatic carbocycles. The van der Waals surface area contributed by atoms with Crippen LogP contribution < -0.4 is 5.32 Å². The number of carbonyl (C=O) groups excluding carboxylic acids is 1. The van der Waals surface area contributed by atoms with Crippen molar-refractivity contribution in [2.24, 2.45) is 11.8 Å². The lowest BCUT2D eigenvalue weighted by atomic mass is 9.82. The van der Waals surface area contributed by atoms with Crippen molar-refractivity contribution < 1.29 is 9.32 Å². The van der Waals surface area contributed by atoms with E-state index in [-0.39, 0.29) is 5.91 Å². The van der Waals surface area contributed by atoms with Crippen LogP contribution in [0.5, 0.6) is 0 Å². The van der Waals surface area contributed by atoms with E-state index in [4.69, 9.17) is 4.52 Å². The first-order valence-corrected chi connectivity index (χ1v) is 8.07. The predicted molar refractivity (Wildman–Crippen MR) is 74.4 cm³/mol. The van der Waals surface area contributed by atoms with Crippen LogP contribution in [0.2, 0.25) is 0 Å². The Bertz CT molecular complexity index is 502. The Morgan fingerprint density at radius 1 is 1.15 bits per heavy atom. The van der Waals surface area contributed by atoms with E-state index in [2.05, 4.69) is 10.5 Å². The average Bonchev–Trinajstić information content (AvgIpc) is 3.37. The lowest BCUT2D eigenvalue weighted by molar-refractivity contribution is 0.0907. The summed E-state index contributed by atoms with van der Waals surface area (Å²) in [5.41, 5.74) is 0.459. The Morgan fingerprint density at radius 3 is 2.75 bits per heavy atom. The van der Waals surface area contributed by atoms with Crippen LogP contribution in [0.1, 0.15) is 73.5 Å². The van der Waals surface area contributed by atoms with Gasteiger partial charge in [-0.25, -0.2) is 0 Å². The van der Waals surface area contributed by atoms with Gasteiger partial charge in [0.05, 0.1) is 0 Å². The first kappa shape index (κ1) is 12.4. The second-order valence-corrected chi connectivity index (χ2v) is 6.82. The Hall–Kier alpha value is -1.32. The molecule has 3 aliphatic carbocycles. The standard InChI is InChI=1S/C16H22N2O2/c19-16(14-9-15(20-18-14)11-6-7-11)17-13-3-1-2-12(8-13)10-4-5-10/h9-13H,1-8H2,(H,17,19)/t12?,13-/m0/s1. The van der Waals surface area contributed by atoms with E-state index in [1.54, 1.807) is 0 Å². The molecule has 0 bridgehead atoms. The first-order chi connectivity index (χ1) is 9.79. The van der Waals surface area contributed by atoms with Crippen molar-refractivity contribution in [2.45, 2.75) is 63.3 Å². The third kappa shape index (κ3) is 2.60. The van der Waals surface area contributed by atoms with E-state index in [9.17, 15) is 4.79 Å². The van der Waals surface area contributed by atoms with Gasteiger partial charge in [0.25, 0.3) is 5.91 Å². The quantitative estimate of drug-likeness (QED) is 0.917. The lowest BCUT2D eigenvalue weighted by Crippen LogP contribution is -2.38. The zero-order valence-corrected chi connectivity index (χ0v) is 11.8. The maximum atomic E-state index is 12.2. The van der Waals surface area contributed by atoms with Crippen LogP contribution in [-0.4, -0.2) is 17.1 Å². The molecule has 2 atom stereocenters. The third-order valence-electron chi connectivity index (χ3n) is 5.08. The van der Waals surface area contributed by atoms with Crippen molar-refractivity contribution in [3.8, 4) is 0 Å². The maximum Gasteiger partial charge on any atom is 0.273 e. The number of nitrogens with zero attached hydrogens (tertiary/aromatic N) is 1. The molecule has 0 spiro atoms. The lowest BCUT2D eigenvalue weighted by Gasteiger charge is -2.29. The van der Waals surface area contributed by atoms with Crippen LogP contribution in [0.4, 0.5) is 0 Å². The monoisotopic (exact) mass is 274 g/mol. The SMILES string of the molecule is O=C(N[C@H]1CCCC(C2CC2)C1)c1cc(C2CC2)on1. The molecule has 4 nitrogen and oxygen atoms in total. The minimum absolute atomic E-state index is 0.0536. The van der Waals surface area contributed by atoms with E-state index < -0.39 is 0 Å². The molecule has 3 aliphatic rings. The number of rotatable bonds is 4. The highest BCUT2D eigenvalue weighted by atomic mass is 16.5. The predicted octanol–water partition coefficient (Wildman–Crippen LogP) is 3.25. The van der Waals surface area contributed by atoms with Crippen molar-refractivity contribution in [3.63, 3.8) is 0 Å². The second kappa shape index (κ2) is 4.90. The van der Waals surface area contributed by atoms with Gasteiger partial charge in [-0.3, -0.25) is 4.79 Å². The van der Waals surface area contributed by atoms with Gasteiger partial charge in [-0.1, -0.05) is 18.0 Å². The van der Waals surface area contributed by atoms with Crippen LogP contribution in [0.15, 0.2) is 10.6 Å². The van der Waals surface area contributed by atoms with Gasteiger partial charge >= 0.3 is 0 Å². The fraction of sp³-hybridized carbons (Fsp3) is 0.750. The number of amides is 1. The molecule has 108 valence electrons. The topological polar surface area (TPSA) is 55.1 Å². The normalized spacial score (nSPS) is 30.2. The zero-order valence-electron chi connectivity index (χ0n) is 11.8. The molecule has 3 fully saturated rings. The second-order valence-electron chi connectivity index (χ2n) is 6.82.